The van der Waals surface area contributed by atoms with Crippen molar-refractivity contribution < 1.29 is 0 Å². The highest BCUT2D eigenvalue weighted by atomic mass is 35.5. The fourth-order valence-electron chi connectivity index (χ4n) is 1.51. The fraction of sp³-hybridized carbons (Fsp3) is 0.250. The molecule has 90 valence electrons. The van der Waals surface area contributed by atoms with E-state index in [1.54, 1.807) is 12.3 Å². The number of rotatable bonds is 4. The summed E-state index contributed by atoms with van der Waals surface area (Å²) in [6, 6.07) is 5.62. The van der Waals surface area contributed by atoms with Gasteiger partial charge in [0.05, 0.1) is 21.9 Å². The predicted molar refractivity (Wildman–Crippen MR) is 71.7 cm³/mol. The van der Waals surface area contributed by atoms with Gasteiger partial charge in [0.1, 0.15) is 0 Å². The molecule has 0 amide bonds. The Morgan fingerprint density at radius 3 is 2.88 bits per heavy atom. The van der Waals surface area contributed by atoms with Gasteiger partial charge < -0.3 is 5.32 Å². The van der Waals surface area contributed by atoms with Gasteiger partial charge in [0.2, 0.25) is 0 Å². The van der Waals surface area contributed by atoms with Crippen LogP contribution in [0.2, 0.25) is 10.0 Å². The molecule has 0 aliphatic carbocycles. The molecule has 0 saturated heterocycles. The number of nitrogens with zero attached hydrogens (tertiary/aromatic N) is 2. The third kappa shape index (κ3) is 2.93. The van der Waals surface area contributed by atoms with Gasteiger partial charge in [0, 0.05) is 19.3 Å². The summed E-state index contributed by atoms with van der Waals surface area (Å²) in [6.07, 6.45) is 3.75. The largest absolute Gasteiger partial charge is 0.378 e. The zero-order valence-corrected chi connectivity index (χ0v) is 11.0. The number of anilines is 1. The Kier molecular flexibility index (Phi) is 3.92. The summed E-state index contributed by atoms with van der Waals surface area (Å²) in [4.78, 5) is 0. The van der Waals surface area contributed by atoms with Gasteiger partial charge in [-0.15, -0.1) is 0 Å². The van der Waals surface area contributed by atoms with E-state index in [4.69, 9.17) is 23.2 Å². The summed E-state index contributed by atoms with van der Waals surface area (Å²) in [5.41, 5.74) is 1.95. The lowest BCUT2D eigenvalue weighted by Crippen LogP contribution is -1.99. The second kappa shape index (κ2) is 5.43. The minimum atomic E-state index is 0.579. The molecule has 3 nitrogen and oxygen atoms in total. The summed E-state index contributed by atoms with van der Waals surface area (Å²) in [5.74, 6) is 0. The Labute approximate surface area is 110 Å². The van der Waals surface area contributed by atoms with E-state index >= 15 is 0 Å². The molecule has 5 heteroatoms. The van der Waals surface area contributed by atoms with Crippen molar-refractivity contribution in [3.63, 3.8) is 0 Å². The molecule has 0 saturated carbocycles. The maximum Gasteiger partial charge on any atom is 0.0729 e. The average molecular weight is 270 g/mol. The number of nitrogens with one attached hydrogen (secondary N) is 1. The zero-order chi connectivity index (χ0) is 12.3. The Morgan fingerprint density at radius 2 is 2.18 bits per heavy atom. The lowest BCUT2D eigenvalue weighted by Gasteiger charge is -2.06. The lowest BCUT2D eigenvalue weighted by atomic mass is 10.2. The van der Waals surface area contributed by atoms with Crippen LogP contribution in [-0.2, 0) is 13.1 Å². The molecular formula is C12H13Cl2N3. The monoisotopic (exact) mass is 269 g/mol. The minimum absolute atomic E-state index is 0.579. The second-order valence-electron chi connectivity index (χ2n) is 3.65. The van der Waals surface area contributed by atoms with E-state index in [9.17, 15) is 0 Å². The molecule has 2 rings (SSSR count). The van der Waals surface area contributed by atoms with Crippen molar-refractivity contribution in [1.82, 2.24) is 9.78 Å². The Morgan fingerprint density at radius 1 is 1.35 bits per heavy atom. The van der Waals surface area contributed by atoms with Gasteiger partial charge in [-0.2, -0.15) is 5.10 Å². The molecular weight excluding hydrogens is 257 g/mol. The normalized spacial score (nSPS) is 10.5. The fourth-order valence-corrected chi connectivity index (χ4v) is 1.90. The Hall–Kier alpha value is -1.19. The van der Waals surface area contributed by atoms with Crippen molar-refractivity contribution in [2.75, 3.05) is 5.32 Å². The molecule has 17 heavy (non-hydrogen) atoms. The van der Waals surface area contributed by atoms with Crippen LogP contribution in [0.3, 0.4) is 0 Å². The summed E-state index contributed by atoms with van der Waals surface area (Å²) >= 11 is 12.0. The first kappa shape index (κ1) is 12.3. The van der Waals surface area contributed by atoms with Crippen molar-refractivity contribution in [2.45, 2.75) is 20.0 Å². The average Bonchev–Trinajstić information content (AvgIpc) is 2.79. The van der Waals surface area contributed by atoms with Gasteiger partial charge in [-0.05, 0) is 18.6 Å². The first-order chi connectivity index (χ1) is 8.20. The van der Waals surface area contributed by atoms with Crippen molar-refractivity contribution in [1.29, 1.82) is 0 Å². The molecule has 0 spiro atoms. The highest BCUT2D eigenvalue weighted by Crippen LogP contribution is 2.26. The van der Waals surface area contributed by atoms with Crippen LogP contribution in [0.25, 0.3) is 0 Å². The molecule has 0 aliphatic heterocycles. The van der Waals surface area contributed by atoms with Gasteiger partial charge >= 0.3 is 0 Å². The van der Waals surface area contributed by atoms with Crippen LogP contribution in [0.5, 0.6) is 0 Å². The number of halogens is 2. The number of benzene rings is 1. The molecule has 0 bridgehead atoms. The van der Waals surface area contributed by atoms with E-state index in [1.807, 2.05) is 29.9 Å². The quantitative estimate of drug-likeness (QED) is 0.915. The summed E-state index contributed by atoms with van der Waals surface area (Å²) < 4.78 is 1.86. The van der Waals surface area contributed by atoms with Crippen LogP contribution in [0, 0.1) is 0 Å². The van der Waals surface area contributed by atoms with Crippen molar-refractivity contribution in [3.05, 3.63) is 46.2 Å². The smallest absolute Gasteiger partial charge is 0.0729 e. The van der Waals surface area contributed by atoms with E-state index < -0.39 is 0 Å². The highest BCUT2D eigenvalue weighted by Gasteiger charge is 2.04. The zero-order valence-electron chi connectivity index (χ0n) is 9.45. The number of aromatic nitrogens is 2. The first-order valence-electron chi connectivity index (χ1n) is 5.40. The minimum Gasteiger partial charge on any atom is -0.378 e. The van der Waals surface area contributed by atoms with Gasteiger partial charge in [0.15, 0.2) is 0 Å². The van der Waals surface area contributed by atoms with Gasteiger partial charge in [-0.1, -0.05) is 35.3 Å². The van der Waals surface area contributed by atoms with Gasteiger partial charge in [-0.3, -0.25) is 4.68 Å². The molecule has 2 aromatic rings. The highest BCUT2D eigenvalue weighted by molar-refractivity contribution is 6.42. The Bertz CT molecular complexity index is 508. The van der Waals surface area contributed by atoms with E-state index in [-0.39, 0.29) is 0 Å². The maximum absolute atomic E-state index is 6.10. The molecule has 1 heterocycles. The molecule has 1 aromatic heterocycles. The molecule has 0 aliphatic rings. The molecule has 0 radical (unpaired) electrons. The molecule has 1 N–H and O–H groups in total. The lowest BCUT2D eigenvalue weighted by molar-refractivity contribution is 0.660. The summed E-state index contributed by atoms with van der Waals surface area (Å²) in [7, 11) is 0. The summed E-state index contributed by atoms with van der Waals surface area (Å²) in [6.45, 7) is 3.54. The second-order valence-corrected chi connectivity index (χ2v) is 4.44. The van der Waals surface area contributed by atoms with Crippen molar-refractivity contribution >= 4 is 28.9 Å². The first-order valence-corrected chi connectivity index (χ1v) is 6.15. The number of aryl methyl sites for hydroxylation is 1. The van der Waals surface area contributed by atoms with Crippen molar-refractivity contribution in [3.8, 4) is 0 Å². The van der Waals surface area contributed by atoms with Crippen LogP contribution >= 0.6 is 23.2 Å². The van der Waals surface area contributed by atoms with Crippen LogP contribution in [0.4, 0.5) is 5.69 Å². The van der Waals surface area contributed by atoms with Crippen LogP contribution < -0.4 is 5.32 Å². The summed E-state index contributed by atoms with van der Waals surface area (Å²) in [5, 5.41) is 8.62. The van der Waals surface area contributed by atoms with Crippen LogP contribution in [-0.4, -0.2) is 9.78 Å². The third-order valence-corrected chi connectivity index (χ3v) is 3.33. The molecule has 0 atom stereocenters. The number of hydrogen-bond donors (Lipinski definition) is 1. The number of hydrogen-bond acceptors (Lipinski definition) is 2. The molecule has 1 aromatic carbocycles. The standard InChI is InChI=1S/C12H13Cl2N3/c1-2-17-8-10(7-16-17)15-6-9-4-3-5-11(13)12(9)14/h3-5,7-8,15H,2,6H2,1H3. The van der Waals surface area contributed by atoms with Crippen LogP contribution in [0.15, 0.2) is 30.6 Å². The Balaban J connectivity index is 2.04. The SMILES string of the molecule is CCn1cc(NCc2cccc(Cl)c2Cl)cn1. The third-order valence-electron chi connectivity index (χ3n) is 2.47. The predicted octanol–water partition coefficient (Wildman–Crippen LogP) is 3.82. The van der Waals surface area contributed by atoms with Crippen LogP contribution in [0.1, 0.15) is 12.5 Å². The van der Waals surface area contributed by atoms with E-state index in [2.05, 4.69) is 10.4 Å². The van der Waals surface area contributed by atoms with Gasteiger partial charge in [-0.25, -0.2) is 0 Å². The van der Waals surface area contributed by atoms with Crippen molar-refractivity contribution in [2.24, 2.45) is 0 Å². The van der Waals surface area contributed by atoms with E-state index in [0.29, 0.717) is 16.6 Å². The van der Waals surface area contributed by atoms with Gasteiger partial charge in [0.25, 0.3) is 0 Å². The van der Waals surface area contributed by atoms with E-state index in [1.165, 1.54) is 0 Å². The topological polar surface area (TPSA) is 29.9 Å². The molecule has 0 unspecified atom stereocenters. The maximum atomic E-state index is 6.10. The van der Waals surface area contributed by atoms with E-state index in [0.717, 1.165) is 17.8 Å². The molecule has 0 fully saturated rings.